The van der Waals surface area contributed by atoms with Crippen molar-refractivity contribution in [3.63, 3.8) is 0 Å². The molecule has 47 heavy (non-hydrogen) atoms. The van der Waals surface area contributed by atoms with Gasteiger partial charge in [0.05, 0.1) is 37.4 Å². The predicted octanol–water partition coefficient (Wildman–Crippen LogP) is 3.45. The van der Waals surface area contributed by atoms with Crippen LogP contribution < -0.4 is 10.6 Å². The molecule has 13 heteroatoms. The molecule has 10 nitrogen and oxygen atoms in total. The number of nitrogens with one attached hydrogen (secondary N) is 2. The molecule has 4 atom stereocenters. The molecular formula is C34H32F3N5O5. The van der Waals surface area contributed by atoms with Crippen molar-refractivity contribution in [1.29, 1.82) is 0 Å². The monoisotopic (exact) mass is 647 g/mol. The van der Waals surface area contributed by atoms with Crippen LogP contribution in [-0.2, 0) is 37.3 Å². The van der Waals surface area contributed by atoms with Gasteiger partial charge in [0, 0.05) is 54.1 Å². The number of carbonyl (C=O) groups excluding carboxylic acids is 3. The van der Waals surface area contributed by atoms with Crippen LogP contribution in [0.2, 0.25) is 0 Å². The molecule has 2 aromatic heterocycles. The Labute approximate surface area is 268 Å². The van der Waals surface area contributed by atoms with Crippen LogP contribution >= 0.6 is 0 Å². The van der Waals surface area contributed by atoms with Gasteiger partial charge in [0.25, 0.3) is 5.91 Å². The molecule has 3 aliphatic heterocycles. The van der Waals surface area contributed by atoms with Crippen molar-refractivity contribution in [2.75, 3.05) is 38.3 Å². The number of benzene rings is 1. The quantitative estimate of drug-likeness (QED) is 0.388. The van der Waals surface area contributed by atoms with E-state index in [9.17, 15) is 18.8 Å². The summed E-state index contributed by atoms with van der Waals surface area (Å²) >= 11 is 0. The Morgan fingerprint density at radius 1 is 0.979 bits per heavy atom. The molecule has 0 radical (unpaired) electrons. The number of amides is 3. The number of anilines is 1. The number of ether oxygens (including phenoxy) is 2. The van der Waals surface area contributed by atoms with Crippen molar-refractivity contribution in [3.8, 4) is 0 Å². The molecule has 1 spiro atoms. The van der Waals surface area contributed by atoms with Crippen molar-refractivity contribution < 1.29 is 37.0 Å². The molecule has 2 N–H and O–H groups in total. The van der Waals surface area contributed by atoms with Gasteiger partial charge >= 0.3 is 0 Å². The first kappa shape index (κ1) is 31.0. The van der Waals surface area contributed by atoms with E-state index in [-0.39, 0.29) is 44.3 Å². The number of aromatic nitrogens is 2. The first-order valence-corrected chi connectivity index (χ1v) is 15.5. The average Bonchev–Trinajstić information content (AvgIpc) is 3.57. The van der Waals surface area contributed by atoms with Crippen LogP contribution in [0, 0.1) is 17.5 Å². The Morgan fingerprint density at radius 2 is 1.79 bits per heavy atom. The van der Waals surface area contributed by atoms with Crippen LogP contribution in [0.4, 0.5) is 19.0 Å². The number of halogens is 3. The molecule has 1 aliphatic carbocycles. The molecule has 7 bridgehead atoms. The highest BCUT2D eigenvalue weighted by Crippen LogP contribution is 2.46. The van der Waals surface area contributed by atoms with Gasteiger partial charge in [-0.1, -0.05) is 12.2 Å². The first-order chi connectivity index (χ1) is 22.7. The summed E-state index contributed by atoms with van der Waals surface area (Å²) in [6, 6.07) is 3.25. The molecule has 1 aromatic carbocycles. The lowest BCUT2D eigenvalue weighted by molar-refractivity contribution is -0.140. The number of hydrogen-bond acceptors (Lipinski definition) is 7. The maximum Gasteiger partial charge on any atom is 0.253 e. The van der Waals surface area contributed by atoms with Gasteiger partial charge in [0.15, 0.2) is 11.6 Å². The number of hydrogen-bond donors (Lipinski definition) is 2. The number of fused-ring (bicyclic) bond motifs is 4. The highest BCUT2D eigenvalue weighted by Gasteiger charge is 2.52. The van der Waals surface area contributed by atoms with Crippen LogP contribution in [0.3, 0.4) is 0 Å². The summed E-state index contributed by atoms with van der Waals surface area (Å²) in [6.45, 7) is 2.60. The van der Waals surface area contributed by atoms with E-state index in [1.807, 2.05) is 18.2 Å². The fourth-order valence-corrected chi connectivity index (χ4v) is 7.19. The van der Waals surface area contributed by atoms with E-state index < -0.39 is 58.2 Å². The lowest BCUT2D eigenvalue weighted by Gasteiger charge is -2.43. The third kappa shape index (κ3) is 5.46. The Hall–Kier alpha value is -4.62. The van der Waals surface area contributed by atoms with E-state index >= 15 is 8.78 Å². The van der Waals surface area contributed by atoms with Crippen LogP contribution in [0.1, 0.15) is 57.6 Å². The van der Waals surface area contributed by atoms with E-state index in [1.165, 1.54) is 11.1 Å². The van der Waals surface area contributed by atoms with Gasteiger partial charge in [0.2, 0.25) is 11.8 Å². The SMILES string of the molecule is CC1C(c2c(F)ccc(F)c2F)CC2NC(=O)c3cnc4c(c3)C[C@@]3(C4)C(=O)Nc4ncc(cc43)C=CCOCCOCCN1C2=O. The number of piperidine rings is 1. The smallest absolute Gasteiger partial charge is 0.253 e. The van der Waals surface area contributed by atoms with Gasteiger partial charge < -0.3 is 25.0 Å². The second kappa shape index (κ2) is 12.2. The molecular weight excluding hydrogens is 615 g/mol. The summed E-state index contributed by atoms with van der Waals surface area (Å²) in [5.41, 5.74) is 1.68. The van der Waals surface area contributed by atoms with Crippen molar-refractivity contribution in [2.24, 2.45) is 0 Å². The van der Waals surface area contributed by atoms with Crippen LogP contribution in [0.5, 0.6) is 0 Å². The van der Waals surface area contributed by atoms with Crippen LogP contribution in [0.15, 0.2) is 42.7 Å². The van der Waals surface area contributed by atoms with Crippen molar-refractivity contribution in [1.82, 2.24) is 20.2 Å². The summed E-state index contributed by atoms with van der Waals surface area (Å²) in [7, 11) is 0. The third-order valence-corrected chi connectivity index (χ3v) is 9.65. The van der Waals surface area contributed by atoms with Gasteiger partial charge in [-0.05, 0) is 55.2 Å². The number of pyridine rings is 2. The molecule has 3 amide bonds. The lowest BCUT2D eigenvalue weighted by Crippen LogP contribution is -2.58. The highest BCUT2D eigenvalue weighted by molar-refractivity contribution is 6.06. The summed E-state index contributed by atoms with van der Waals surface area (Å²) in [5, 5.41) is 5.62. The zero-order valence-corrected chi connectivity index (χ0v) is 25.5. The number of carbonyl (C=O) groups is 3. The fraction of sp³-hybridized carbons (Fsp3) is 0.382. The molecule has 4 aliphatic rings. The number of nitrogens with zero attached hydrogens (tertiary/aromatic N) is 3. The van der Waals surface area contributed by atoms with Crippen molar-refractivity contribution in [2.45, 2.75) is 49.6 Å². The van der Waals surface area contributed by atoms with Gasteiger partial charge in [0.1, 0.15) is 17.7 Å². The summed E-state index contributed by atoms with van der Waals surface area (Å²) in [4.78, 5) is 51.1. The highest BCUT2D eigenvalue weighted by atomic mass is 19.2. The molecule has 5 heterocycles. The maximum atomic E-state index is 15.0. The molecule has 1 saturated heterocycles. The Kier molecular flexibility index (Phi) is 8.04. The lowest BCUT2D eigenvalue weighted by atomic mass is 9.79. The van der Waals surface area contributed by atoms with E-state index in [0.29, 0.717) is 42.6 Å². The first-order valence-electron chi connectivity index (χ1n) is 15.5. The Morgan fingerprint density at radius 3 is 2.64 bits per heavy atom. The average molecular weight is 648 g/mol. The third-order valence-electron chi connectivity index (χ3n) is 9.65. The summed E-state index contributed by atoms with van der Waals surface area (Å²) in [6.07, 6.45) is 7.22. The van der Waals surface area contributed by atoms with E-state index in [0.717, 1.165) is 17.2 Å². The zero-order valence-electron chi connectivity index (χ0n) is 25.5. The topological polar surface area (TPSA) is 123 Å². The van der Waals surface area contributed by atoms with Gasteiger partial charge in [-0.3, -0.25) is 19.4 Å². The minimum Gasteiger partial charge on any atom is -0.377 e. The minimum absolute atomic E-state index is 0.0667. The maximum absolute atomic E-state index is 15.0. The van der Waals surface area contributed by atoms with Crippen LogP contribution in [-0.4, -0.2) is 77.6 Å². The van der Waals surface area contributed by atoms with Gasteiger partial charge in [-0.2, -0.15) is 0 Å². The van der Waals surface area contributed by atoms with Crippen LogP contribution in [0.25, 0.3) is 6.08 Å². The summed E-state index contributed by atoms with van der Waals surface area (Å²) in [5.74, 6) is -5.23. The minimum atomic E-state index is -1.33. The normalized spacial score (nSPS) is 26.1. The van der Waals surface area contributed by atoms with E-state index in [1.54, 1.807) is 19.2 Å². The van der Waals surface area contributed by atoms with Crippen molar-refractivity contribution in [3.05, 3.63) is 93.7 Å². The molecule has 3 unspecified atom stereocenters. The second-order valence-electron chi connectivity index (χ2n) is 12.4. The zero-order chi connectivity index (χ0) is 32.9. The molecule has 1 fully saturated rings. The van der Waals surface area contributed by atoms with Crippen molar-refractivity contribution >= 4 is 29.6 Å². The molecule has 0 saturated carbocycles. The van der Waals surface area contributed by atoms with E-state index in [4.69, 9.17) is 9.47 Å². The molecule has 3 aromatic rings. The fourth-order valence-electron chi connectivity index (χ4n) is 7.19. The standard InChI is InChI=1S/C34H32F3N5O5/c1-18-22(28-24(35)4-5-25(36)29(28)37)13-26-32(44)42(18)6-8-47-10-9-46-7-2-3-19-11-23-30(39-16-19)41-33(45)34(23)14-20-12-21(31(43)40-26)17-38-27(20)15-34/h2-5,11-12,16-18,22,26H,6-10,13-15H2,1H3,(H,40,43)(H,39,41,45)/t18?,22?,26?,34-/m0/s1. The second-order valence-corrected chi connectivity index (χ2v) is 12.4. The molecule has 7 rings (SSSR count). The summed E-state index contributed by atoms with van der Waals surface area (Å²) < 4.78 is 55.7. The Bertz CT molecular complexity index is 1820. The van der Waals surface area contributed by atoms with Gasteiger partial charge in [-0.15, -0.1) is 0 Å². The largest absolute Gasteiger partial charge is 0.377 e. The number of rotatable bonds is 1. The van der Waals surface area contributed by atoms with E-state index in [2.05, 4.69) is 20.6 Å². The Balaban J connectivity index is 1.22. The predicted molar refractivity (Wildman–Crippen MR) is 163 cm³/mol. The van der Waals surface area contributed by atoms with Gasteiger partial charge in [-0.25, -0.2) is 18.2 Å². The molecule has 244 valence electrons.